The van der Waals surface area contributed by atoms with Gasteiger partial charge < -0.3 is 10.0 Å². The van der Waals surface area contributed by atoms with Crippen LogP contribution in [0.15, 0.2) is 12.2 Å². The van der Waals surface area contributed by atoms with Gasteiger partial charge in [0.15, 0.2) is 0 Å². The average Bonchev–Trinajstić information content (AvgIpc) is 2.96. The van der Waals surface area contributed by atoms with Crippen LogP contribution in [0.25, 0.3) is 0 Å². The van der Waals surface area contributed by atoms with Crippen molar-refractivity contribution in [2.45, 2.75) is 26.7 Å². The maximum atomic E-state index is 12.8. The molecular formula is C16H23NO3. The number of amides is 1. The van der Waals surface area contributed by atoms with Gasteiger partial charge in [0.05, 0.1) is 11.8 Å². The Morgan fingerprint density at radius 3 is 2.10 bits per heavy atom. The maximum Gasteiger partial charge on any atom is 0.307 e. The zero-order valence-corrected chi connectivity index (χ0v) is 12.2. The summed E-state index contributed by atoms with van der Waals surface area (Å²) in [5.41, 5.74) is 0. The van der Waals surface area contributed by atoms with Crippen molar-refractivity contribution in [3.05, 3.63) is 12.2 Å². The lowest BCUT2D eigenvalue weighted by atomic mass is 9.81. The molecule has 3 rings (SSSR count). The molecular weight excluding hydrogens is 254 g/mol. The van der Waals surface area contributed by atoms with Gasteiger partial charge in [0, 0.05) is 13.1 Å². The van der Waals surface area contributed by atoms with Crippen LogP contribution >= 0.6 is 0 Å². The first-order valence-electron chi connectivity index (χ1n) is 7.67. The van der Waals surface area contributed by atoms with Gasteiger partial charge in [-0.05, 0) is 36.5 Å². The molecule has 1 aliphatic heterocycles. The highest BCUT2D eigenvalue weighted by atomic mass is 16.4. The Morgan fingerprint density at radius 1 is 1.00 bits per heavy atom. The van der Waals surface area contributed by atoms with Gasteiger partial charge in [-0.1, -0.05) is 26.0 Å². The third kappa shape index (κ3) is 2.15. The van der Waals surface area contributed by atoms with Gasteiger partial charge in [-0.15, -0.1) is 0 Å². The highest BCUT2D eigenvalue weighted by Crippen LogP contribution is 2.49. The molecule has 1 amide bonds. The predicted octanol–water partition coefficient (Wildman–Crippen LogP) is 2.01. The number of carboxylic acid groups (broad SMARTS) is 1. The van der Waals surface area contributed by atoms with Crippen molar-refractivity contribution in [2.75, 3.05) is 13.1 Å². The lowest BCUT2D eigenvalue weighted by Gasteiger charge is -2.38. The zero-order chi connectivity index (χ0) is 14.4. The molecule has 0 aromatic carbocycles. The van der Waals surface area contributed by atoms with Crippen molar-refractivity contribution in [1.29, 1.82) is 0 Å². The molecule has 1 heterocycles. The van der Waals surface area contributed by atoms with Gasteiger partial charge in [0.25, 0.3) is 0 Å². The van der Waals surface area contributed by atoms with Crippen LogP contribution in [0.1, 0.15) is 26.7 Å². The SMILES string of the molecule is C[C@@H]1C[C@H](C)CN(C(=O)[C@@H]2[C@@H](C(=O)O)[C@H]3C=C[C@H]2C3)C1. The standard InChI is InChI=1S/C16H23NO3/c1-9-5-10(2)8-17(7-9)15(18)13-11-3-4-12(6-11)14(13)16(19)20/h3-4,9-14H,5-8H2,1-2H3,(H,19,20)/t9-,10+,11-,12-,13-,14-/m0/s1. The number of likely N-dealkylation sites (tertiary alicyclic amines) is 1. The van der Waals surface area contributed by atoms with E-state index in [1.54, 1.807) is 0 Å². The highest BCUT2D eigenvalue weighted by Gasteiger charge is 2.52. The number of hydrogen-bond acceptors (Lipinski definition) is 2. The number of nitrogens with zero attached hydrogens (tertiary/aromatic N) is 1. The number of fused-ring (bicyclic) bond motifs is 2. The van der Waals surface area contributed by atoms with E-state index < -0.39 is 11.9 Å². The Kier molecular flexibility index (Phi) is 3.35. The summed E-state index contributed by atoms with van der Waals surface area (Å²) in [6.07, 6.45) is 6.05. The molecule has 2 aliphatic carbocycles. The van der Waals surface area contributed by atoms with Crippen LogP contribution in [-0.4, -0.2) is 35.0 Å². The van der Waals surface area contributed by atoms with E-state index in [4.69, 9.17) is 0 Å². The minimum atomic E-state index is -0.807. The van der Waals surface area contributed by atoms with E-state index in [0.717, 1.165) is 25.9 Å². The van der Waals surface area contributed by atoms with Gasteiger partial charge in [0.1, 0.15) is 0 Å². The molecule has 1 saturated carbocycles. The van der Waals surface area contributed by atoms with Crippen LogP contribution in [0.4, 0.5) is 0 Å². The summed E-state index contributed by atoms with van der Waals surface area (Å²) in [7, 11) is 0. The molecule has 3 aliphatic rings. The molecule has 2 bridgehead atoms. The molecule has 1 saturated heterocycles. The van der Waals surface area contributed by atoms with Crippen LogP contribution in [0.2, 0.25) is 0 Å². The maximum absolute atomic E-state index is 12.8. The average molecular weight is 277 g/mol. The molecule has 4 heteroatoms. The number of carbonyl (C=O) groups is 2. The lowest BCUT2D eigenvalue weighted by Crippen LogP contribution is -2.48. The molecule has 4 nitrogen and oxygen atoms in total. The molecule has 1 N–H and O–H groups in total. The Labute approximate surface area is 119 Å². The molecule has 6 atom stereocenters. The van der Waals surface area contributed by atoms with E-state index in [9.17, 15) is 14.7 Å². The minimum Gasteiger partial charge on any atom is -0.481 e. The lowest BCUT2D eigenvalue weighted by molar-refractivity contribution is -0.152. The predicted molar refractivity (Wildman–Crippen MR) is 74.9 cm³/mol. The topological polar surface area (TPSA) is 57.6 Å². The van der Waals surface area contributed by atoms with Crippen LogP contribution in [0.3, 0.4) is 0 Å². The van der Waals surface area contributed by atoms with E-state index in [-0.39, 0.29) is 23.7 Å². The second-order valence-corrected chi connectivity index (χ2v) is 7.03. The number of carboxylic acids is 1. The number of carbonyl (C=O) groups excluding carboxylic acids is 1. The quantitative estimate of drug-likeness (QED) is 0.786. The molecule has 0 aromatic heterocycles. The van der Waals surface area contributed by atoms with E-state index in [1.165, 1.54) is 0 Å². The molecule has 110 valence electrons. The van der Waals surface area contributed by atoms with Gasteiger partial charge in [-0.3, -0.25) is 9.59 Å². The largest absolute Gasteiger partial charge is 0.481 e. The second kappa shape index (κ2) is 4.90. The molecule has 2 fully saturated rings. The Morgan fingerprint density at radius 2 is 1.55 bits per heavy atom. The monoisotopic (exact) mass is 277 g/mol. The third-order valence-corrected chi connectivity index (χ3v) is 5.21. The van der Waals surface area contributed by atoms with Crippen LogP contribution in [-0.2, 0) is 9.59 Å². The Hall–Kier alpha value is -1.32. The summed E-state index contributed by atoms with van der Waals surface area (Å²) in [4.78, 5) is 26.3. The molecule has 20 heavy (non-hydrogen) atoms. The second-order valence-electron chi connectivity index (χ2n) is 7.03. The fourth-order valence-electron chi connectivity index (χ4n) is 4.55. The minimum absolute atomic E-state index is 0.0612. The number of allylic oxidation sites excluding steroid dienone is 2. The van der Waals surface area contributed by atoms with Crippen molar-refractivity contribution < 1.29 is 14.7 Å². The first-order chi connectivity index (χ1) is 9.47. The van der Waals surface area contributed by atoms with Crippen molar-refractivity contribution in [3.63, 3.8) is 0 Å². The van der Waals surface area contributed by atoms with Crippen molar-refractivity contribution in [3.8, 4) is 0 Å². The summed E-state index contributed by atoms with van der Waals surface area (Å²) in [5.74, 6) is -0.344. The van der Waals surface area contributed by atoms with Gasteiger partial charge in [-0.2, -0.15) is 0 Å². The van der Waals surface area contributed by atoms with Crippen LogP contribution < -0.4 is 0 Å². The van der Waals surface area contributed by atoms with Gasteiger partial charge in [-0.25, -0.2) is 0 Å². The van der Waals surface area contributed by atoms with Gasteiger partial charge >= 0.3 is 5.97 Å². The van der Waals surface area contributed by atoms with Crippen molar-refractivity contribution in [2.24, 2.45) is 35.5 Å². The summed E-state index contributed by atoms with van der Waals surface area (Å²) >= 11 is 0. The van der Waals surface area contributed by atoms with E-state index in [0.29, 0.717) is 11.8 Å². The number of aliphatic carboxylic acids is 1. The highest BCUT2D eigenvalue weighted by molar-refractivity contribution is 5.87. The van der Waals surface area contributed by atoms with Crippen molar-refractivity contribution >= 4 is 11.9 Å². The smallest absolute Gasteiger partial charge is 0.307 e. The third-order valence-electron chi connectivity index (χ3n) is 5.21. The number of hydrogen-bond donors (Lipinski definition) is 1. The van der Waals surface area contributed by atoms with Crippen molar-refractivity contribution in [1.82, 2.24) is 4.90 Å². The molecule has 0 aromatic rings. The van der Waals surface area contributed by atoms with Crippen LogP contribution in [0, 0.1) is 35.5 Å². The fourth-order valence-corrected chi connectivity index (χ4v) is 4.55. The normalized spacial score (nSPS) is 43.0. The molecule has 0 radical (unpaired) electrons. The first kappa shape index (κ1) is 13.7. The summed E-state index contributed by atoms with van der Waals surface area (Å²) in [6, 6.07) is 0. The molecule has 0 spiro atoms. The van der Waals surface area contributed by atoms with Crippen LogP contribution in [0.5, 0.6) is 0 Å². The van der Waals surface area contributed by atoms with Gasteiger partial charge in [0.2, 0.25) is 5.91 Å². The Balaban J connectivity index is 1.79. The number of rotatable bonds is 2. The molecule has 0 unspecified atom stereocenters. The summed E-state index contributed by atoms with van der Waals surface area (Å²) < 4.78 is 0. The number of piperidine rings is 1. The van der Waals surface area contributed by atoms with E-state index >= 15 is 0 Å². The fraction of sp³-hybridized carbons (Fsp3) is 0.750. The van der Waals surface area contributed by atoms with E-state index in [1.807, 2.05) is 11.0 Å². The summed E-state index contributed by atoms with van der Waals surface area (Å²) in [6.45, 7) is 5.91. The summed E-state index contributed by atoms with van der Waals surface area (Å²) in [5, 5.41) is 9.45. The first-order valence-corrected chi connectivity index (χ1v) is 7.67. The Bertz CT molecular complexity index is 449. The zero-order valence-electron chi connectivity index (χ0n) is 12.2. The van der Waals surface area contributed by atoms with E-state index in [2.05, 4.69) is 19.9 Å².